The number of fused-ring (bicyclic) bond motifs is 1. The topological polar surface area (TPSA) is 80.4 Å². The monoisotopic (exact) mass is 397 g/mol. The molecule has 0 spiro atoms. The molecule has 134 valence electrons. The van der Waals surface area contributed by atoms with Crippen molar-refractivity contribution in [2.24, 2.45) is 5.10 Å². The molecule has 0 saturated heterocycles. The zero-order valence-electron chi connectivity index (χ0n) is 13.8. The Kier molecular flexibility index (Phi) is 4.70. The Morgan fingerprint density at radius 1 is 1.04 bits per heavy atom. The lowest BCUT2D eigenvalue weighted by molar-refractivity contribution is 0.468. The SMILES string of the molecule is O=c1[nH]c2ccccc2c(=O)n1N=Cc1ccc(Sc2ccc(Cl)cc2)o1. The van der Waals surface area contributed by atoms with E-state index in [0.29, 0.717) is 26.8 Å². The Labute approximate surface area is 162 Å². The van der Waals surface area contributed by atoms with Crippen LogP contribution in [0.1, 0.15) is 5.76 Å². The van der Waals surface area contributed by atoms with Crippen LogP contribution in [0.25, 0.3) is 10.9 Å². The maximum atomic E-state index is 12.4. The van der Waals surface area contributed by atoms with Crippen LogP contribution < -0.4 is 11.2 Å². The summed E-state index contributed by atoms with van der Waals surface area (Å²) < 4.78 is 6.43. The number of aromatic nitrogens is 2. The largest absolute Gasteiger partial charge is 0.448 e. The van der Waals surface area contributed by atoms with E-state index in [4.69, 9.17) is 16.0 Å². The molecule has 0 radical (unpaired) electrons. The Bertz CT molecular complexity index is 1260. The molecule has 0 atom stereocenters. The molecule has 1 N–H and O–H groups in total. The van der Waals surface area contributed by atoms with Crippen molar-refractivity contribution in [2.45, 2.75) is 9.99 Å². The highest BCUT2D eigenvalue weighted by molar-refractivity contribution is 7.99. The molecule has 0 bridgehead atoms. The van der Waals surface area contributed by atoms with Crippen molar-refractivity contribution >= 4 is 40.5 Å². The standard InChI is InChI=1S/C19H12ClN3O3S/c20-12-5-8-14(9-6-12)27-17-10-7-13(26-17)11-21-23-18(24)15-3-1-2-4-16(15)22-19(23)25/h1-11H,(H,22,25). The van der Waals surface area contributed by atoms with Crippen molar-refractivity contribution in [1.29, 1.82) is 0 Å². The predicted octanol–water partition coefficient (Wildman–Crippen LogP) is 3.97. The molecular weight excluding hydrogens is 386 g/mol. The highest BCUT2D eigenvalue weighted by Crippen LogP contribution is 2.29. The van der Waals surface area contributed by atoms with Crippen LogP contribution in [0.2, 0.25) is 5.02 Å². The van der Waals surface area contributed by atoms with Crippen LogP contribution in [0.5, 0.6) is 0 Å². The van der Waals surface area contributed by atoms with Crippen LogP contribution in [0.15, 0.2) is 89.8 Å². The third kappa shape index (κ3) is 3.74. The summed E-state index contributed by atoms with van der Waals surface area (Å²) in [4.78, 5) is 28.1. The van der Waals surface area contributed by atoms with Crippen LogP contribution >= 0.6 is 23.4 Å². The van der Waals surface area contributed by atoms with Gasteiger partial charge in [-0.25, -0.2) is 4.79 Å². The average Bonchev–Trinajstić information content (AvgIpc) is 3.11. The molecule has 27 heavy (non-hydrogen) atoms. The second-order valence-electron chi connectivity index (χ2n) is 5.55. The molecule has 4 rings (SSSR count). The van der Waals surface area contributed by atoms with Crippen LogP contribution in [0.3, 0.4) is 0 Å². The number of nitrogens with one attached hydrogen (secondary N) is 1. The van der Waals surface area contributed by atoms with Gasteiger partial charge in [-0.2, -0.15) is 5.10 Å². The Balaban J connectivity index is 1.60. The third-order valence-corrected chi connectivity index (χ3v) is 4.90. The summed E-state index contributed by atoms with van der Waals surface area (Å²) in [7, 11) is 0. The molecule has 2 aromatic carbocycles. The van der Waals surface area contributed by atoms with Gasteiger partial charge in [0.2, 0.25) is 0 Å². The van der Waals surface area contributed by atoms with E-state index in [-0.39, 0.29) is 0 Å². The number of benzene rings is 2. The summed E-state index contributed by atoms with van der Waals surface area (Å²) in [5.74, 6) is 0.422. The molecule has 2 heterocycles. The summed E-state index contributed by atoms with van der Waals surface area (Å²) in [6.07, 6.45) is 1.33. The fourth-order valence-corrected chi connectivity index (χ4v) is 3.35. The summed E-state index contributed by atoms with van der Waals surface area (Å²) in [6.45, 7) is 0. The Morgan fingerprint density at radius 3 is 2.63 bits per heavy atom. The van der Waals surface area contributed by atoms with Crippen molar-refractivity contribution in [2.75, 3.05) is 0 Å². The molecule has 0 amide bonds. The first-order chi connectivity index (χ1) is 13.1. The number of nitrogens with zero attached hydrogens (tertiary/aromatic N) is 2. The lowest BCUT2D eigenvalue weighted by Crippen LogP contribution is -2.32. The van der Waals surface area contributed by atoms with Gasteiger partial charge in [-0.3, -0.25) is 4.79 Å². The van der Waals surface area contributed by atoms with Gasteiger partial charge in [0.25, 0.3) is 5.56 Å². The zero-order valence-corrected chi connectivity index (χ0v) is 15.3. The van der Waals surface area contributed by atoms with Gasteiger partial charge in [0, 0.05) is 9.92 Å². The minimum absolute atomic E-state index is 0.382. The molecule has 0 aliphatic carbocycles. The molecule has 8 heteroatoms. The summed E-state index contributed by atoms with van der Waals surface area (Å²) in [5.41, 5.74) is -0.635. The maximum absolute atomic E-state index is 12.4. The molecule has 0 fully saturated rings. The van der Waals surface area contributed by atoms with Gasteiger partial charge in [-0.15, -0.1) is 4.68 Å². The van der Waals surface area contributed by atoms with Crippen LogP contribution in [-0.2, 0) is 0 Å². The maximum Gasteiger partial charge on any atom is 0.349 e. The number of furan rings is 1. The highest BCUT2D eigenvalue weighted by atomic mass is 35.5. The molecule has 6 nitrogen and oxygen atoms in total. The lowest BCUT2D eigenvalue weighted by atomic mass is 10.2. The quantitative estimate of drug-likeness (QED) is 0.528. The molecule has 0 aliphatic heterocycles. The number of H-pyrrole nitrogens is 1. The van der Waals surface area contributed by atoms with E-state index < -0.39 is 11.2 Å². The molecule has 0 saturated carbocycles. The van der Waals surface area contributed by atoms with Gasteiger partial charge >= 0.3 is 5.69 Å². The number of hydrogen-bond acceptors (Lipinski definition) is 5. The summed E-state index contributed by atoms with van der Waals surface area (Å²) >= 11 is 7.30. The fourth-order valence-electron chi connectivity index (χ4n) is 2.45. The van der Waals surface area contributed by atoms with Crippen LogP contribution in [0, 0.1) is 0 Å². The smallest absolute Gasteiger partial charge is 0.349 e. The molecule has 4 aromatic rings. The number of halogens is 1. The molecule has 2 aromatic heterocycles. The molecular formula is C19H12ClN3O3S. The fraction of sp³-hybridized carbons (Fsp3) is 0. The van der Waals surface area contributed by atoms with Crippen molar-refractivity contribution in [3.05, 3.63) is 92.3 Å². The van der Waals surface area contributed by atoms with Gasteiger partial charge in [-0.05, 0) is 48.5 Å². The van der Waals surface area contributed by atoms with E-state index in [0.717, 1.165) is 9.57 Å². The van der Waals surface area contributed by atoms with Gasteiger partial charge in [0.1, 0.15) is 5.76 Å². The van der Waals surface area contributed by atoms with Gasteiger partial charge in [0.05, 0.1) is 17.1 Å². The normalized spacial score (nSPS) is 11.4. The van der Waals surface area contributed by atoms with Crippen LogP contribution in [0.4, 0.5) is 0 Å². The highest BCUT2D eigenvalue weighted by Gasteiger charge is 2.07. The van der Waals surface area contributed by atoms with E-state index in [2.05, 4.69) is 10.1 Å². The predicted molar refractivity (Wildman–Crippen MR) is 106 cm³/mol. The van der Waals surface area contributed by atoms with Gasteiger partial charge < -0.3 is 9.40 Å². The lowest BCUT2D eigenvalue weighted by Gasteiger charge is -2.00. The van der Waals surface area contributed by atoms with Crippen molar-refractivity contribution in [1.82, 2.24) is 9.66 Å². The minimum atomic E-state index is -0.614. The number of aromatic amines is 1. The van der Waals surface area contributed by atoms with Gasteiger partial charge in [-0.1, -0.05) is 35.5 Å². The number of para-hydroxylation sites is 1. The van der Waals surface area contributed by atoms with E-state index in [1.54, 1.807) is 48.5 Å². The van der Waals surface area contributed by atoms with Crippen molar-refractivity contribution in [3.63, 3.8) is 0 Å². The number of hydrogen-bond donors (Lipinski definition) is 1. The minimum Gasteiger partial charge on any atom is -0.448 e. The second kappa shape index (κ2) is 7.30. The first-order valence-corrected chi connectivity index (χ1v) is 9.11. The van der Waals surface area contributed by atoms with Crippen LogP contribution in [-0.4, -0.2) is 15.9 Å². The van der Waals surface area contributed by atoms with Crippen molar-refractivity contribution < 1.29 is 4.42 Å². The molecule has 0 aliphatic rings. The summed E-state index contributed by atoms with van der Waals surface area (Å²) in [5, 5.41) is 5.67. The van der Waals surface area contributed by atoms with E-state index >= 15 is 0 Å². The average molecular weight is 398 g/mol. The van der Waals surface area contributed by atoms with E-state index in [1.165, 1.54) is 18.0 Å². The Hall–Kier alpha value is -3.03. The molecule has 0 unspecified atom stereocenters. The summed E-state index contributed by atoms with van der Waals surface area (Å²) in [6, 6.07) is 17.6. The van der Waals surface area contributed by atoms with Gasteiger partial charge in [0.15, 0.2) is 5.09 Å². The van der Waals surface area contributed by atoms with E-state index in [1.807, 2.05) is 12.1 Å². The zero-order chi connectivity index (χ0) is 18.8. The second-order valence-corrected chi connectivity index (χ2v) is 7.06. The van der Waals surface area contributed by atoms with Crippen molar-refractivity contribution in [3.8, 4) is 0 Å². The first kappa shape index (κ1) is 17.4. The first-order valence-electron chi connectivity index (χ1n) is 7.92. The Morgan fingerprint density at radius 2 is 1.81 bits per heavy atom. The third-order valence-electron chi connectivity index (χ3n) is 3.72. The van der Waals surface area contributed by atoms with E-state index in [9.17, 15) is 9.59 Å². The number of rotatable bonds is 4.